The Kier molecular flexibility index (Phi) is 4.73. The highest BCUT2D eigenvalue weighted by atomic mass is 19.1. The molecule has 0 aliphatic heterocycles. The van der Waals surface area contributed by atoms with Crippen LogP contribution >= 0.6 is 0 Å². The van der Waals surface area contributed by atoms with E-state index in [4.69, 9.17) is 4.74 Å². The van der Waals surface area contributed by atoms with Gasteiger partial charge >= 0.3 is 0 Å². The van der Waals surface area contributed by atoms with Crippen LogP contribution in [0.2, 0.25) is 0 Å². The van der Waals surface area contributed by atoms with Crippen molar-refractivity contribution in [2.24, 2.45) is 0 Å². The van der Waals surface area contributed by atoms with Crippen molar-refractivity contribution in [2.75, 3.05) is 7.11 Å². The maximum atomic E-state index is 14.1. The molecule has 0 unspecified atom stereocenters. The SMILES string of the molecule is CCc1cc(C(=O)Cc2cccc(OC)c2F)n(CC)n1. The maximum absolute atomic E-state index is 14.1. The fourth-order valence-corrected chi connectivity index (χ4v) is 2.22. The predicted molar refractivity (Wildman–Crippen MR) is 78.3 cm³/mol. The molecule has 0 bridgehead atoms. The number of carbonyl (C=O) groups excluding carboxylic acids is 1. The van der Waals surface area contributed by atoms with Crippen molar-refractivity contribution in [1.82, 2.24) is 9.78 Å². The number of hydrogen-bond acceptors (Lipinski definition) is 3. The zero-order chi connectivity index (χ0) is 15.4. The number of carbonyl (C=O) groups is 1. The molecule has 0 spiro atoms. The van der Waals surface area contributed by atoms with Crippen molar-refractivity contribution in [1.29, 1.82) is 0 Å². The molecule has 0 aliphatic rings. The Bertz CT molecular complexity index is 650. The van der Waals surface area contributed by atoms with Gasteiger partial charge in [0.1, 0.15) is 5.69 Å². The van der Waals surface area contributed by atoms with Gasteiger partial charge in [-0.2, -0.15) is 5.10 Å². The largest absolute Gasteiger partial charge is 0.494 e. The molecule has 2 rings (SSSR count). The highest BCUT2D eigenvalue weighted by molar-refractivity contribution is 5.96. The van der Waals surface area contributed by atoms with Gasteiger partial charge in [-0.3, -0.25) is 9.48 Å². The Morgan fingerprint density at radius 3 is 2.76 bits per heavy atom. The summed E-state index contributed by atoms with van der Waals surface area (Å²) < 4.78 is 20.7. The molecule has 112 valence electrons. The van der Waals surface area contributed by atoms with Crippen LogP contribution in [-0.2, 0) is 19.4 Å². The van der Waals surface area contributed by atoms with E-state index in [1.807, 2.05) is 13.8 Å². The molecule has 2 aromatic rings. The minimum absolute atomic E-state index is 0.00210. The van der Waals surface area contributed by atoms with Crippen molar-refractivity contribution in [3.63, 3.8) is 0 Å². The summed E-state index contributed by atoms with van der Waals surface area (Å²) in [6, 6.07) is 6.60. The van der Waals surface area contributed by atoms with Gasteiger partial charge in [0, 0.05) is 13.0 Å². The van der Waals surface area contributed by atoms with E-state index in [9.17, 15) is 9.18 Å². The van der Waals surface area contributed by atoms with E-state index >= 15 is 0 Å². The van der Waals surface area contributed by atoms with Crippen molar-refractivity contribution in [3.8, 4) is 5.75 Å². The third-order valence-corrected chi connectivity index (χ3v) is 3.39. The van der Waals surface area contributed by atoms with E-state index in [1.54, 1.807) is 22.9 Å². The summed E-state index contributed by atoms with van der Waals surface area (Å²) in [4.78, 5) is 12.4. The molecular formula is C16H19FN2O2. The molecule has 0 radical (unpaired) electrons. The molecule has 1 heterocycles. The number of hydrogen-bond donors (Lipinski definition) is 0. The van der Waals surface area contributed by atoms with Gasteiger partial charge in [-0.15, -0.1) is 0 Å². The van der Waals surface area contributed by atoms with Crippen LogP contribution < -0.4 is 4.74 Å². The van der Waals surface area contributed by atoms with Gasteiger partial charge in [-0.1, -0.05) is 19.1 Å². The van der Waals surface area contributed by atoms with Gasteiger partial charge in [0.05, 0.1) is 12.8 Å². The molecule has 0 saturated carbocycles. The summed E-state index contributed by atoms with van der Waals surface area (Å²) in [7, 11) is 1.41. The second-order valence-electron chi connectivity index (χ2n) is 4.72. The standard InChI is InChI=1S/C16H19FN2O2/c1-4-12-10-13(19(5-2)18-12)14(20)9-11-7-6-8-15(21-3)16(11)17/h6-8,10H,4-5,9H2,1-3H3. The zero-order valence-corrected chi connectivity index (χ0v) is 12.5. The Morgan fingerprint density at radius 2 is 2.14 bits per heavy atom. The Hall–Kier alpha value is -2.17. The van der Waals surface area contributed by atoms with Crippen LogP contribution in [0.4, 0.5) is 4.39 Å². The second-order valence-corrected chi connectivity index (χ2v) is 4.72. The van der Waals surface area contributed by atoms with E-state index in [1.165, 1.54) is 13.2 Å². The predicted octanol–water partition coefficient (Wildman–Crippen LogP) is 3.04. The lowest BCUT2D eigenvalue weighted by Gasteiger charge is -2.07. The number of rotatable bonds is 6. The minimum Gasteiger partial charge on any atom is -0.494 e. The van der Waals surface area contributed by atoms with Gasteiger partial charge in [0.25, 0.3) is 0 Å². The first-order valence-electron chi connectivity index (χ1n) is 7.02. The Morgan fingerprint density at radius 1 is 1.38 bits per heavy atom. The number of ketones is 1. The number of aromatic nitrogens is 2. The number of nitrogens with zero attached hydrogens (tertiary/aromatic N) is 2. The lowest BCUT2D eigenvalue weighted by atomic mass is 10.1. The molecular weight excluding hydrogens is 271 g/mol. The second kappa shape index (κ2) is 6.52. The summed E-state index contributed by atoms with van der Waals surface area (Å²) in [5.74, 6) is -0.471. The fraction of sp³-hybridized carbons (Fsp3) is 0.375. The van der Waals surface area contributed by atoms with Gasteiger partial charge in [-0.25, -0.2) is 4.39 Å². The average molecular weight is 290 g/mol. The van der Waals surface area contributed by atoms with Crippen LogP contribution in [0.5, 0.6) is 5.75 Å². The Labute approximate surface area is 123 Å². The van der Waals surface area contributed by atoms with Gasteiger partial charge in [-0.05, 0) is 31.0 Å². The molecule has 21 heavy (non-hydrogen) atoms. The molecule has 0 saturated heterocycles. The molecule has 1 aromatic carbocycles. The quantitative estimate of drug-likeness (QED) is 0.768. The third-order valence-electron chi connectivity index (χ3n) is 3.39. The smallest absolute Gasteiger partial charge is 0.185 e. The first kappa shape index (κ1) is 15.2. The molecule has 0 atom stereocenters. The van der Waals surface area contributed by atoms with Crippen molar-refractivity contribution >= 4 is 5.78 Å². The highest BCUT2D eigenvalue weighted by Gasteiger charge is 2.17. The molecule has 4 nitrogen and oxygen atoms in total. The first-order valence-corrected chi connectivity index (χ1v) is 7.02. The molecule has 5 heteroatoms. The van der Waals surface area contributed by atoms with Crippen LogP contribution in [0.15, 0.2) is 24.3 Å². The molecule has 1 aromatic heterocycles. The van der Waals surface area contributed by atoms with Gasteiger partial charge in [0.2, 0.25) is 0 Å². The molecule has 0 aliphatic carbocycles. The molecule has 0 fully saturated rings. The Balaban J connectivity index is 2.28. The van der Waals surface area contributed by atoms with Crippen LogP contribution in [-0.4, -0.2) is 22.7 Å². The van der Waals surface area contributed by atoms with Crippen molar-refractivity contribution in [3.05, 3.63) is 47.0 Å². The summed E-state index contributed by atoms with van der Waals surface area (Å²) >= 11 is 0. The van der Waals surface area contributed by atoms with Crippen LogP contribution in [0.25, 0.3) is 0 Å². The number of aryl methyl sites for hydroxylation is 2. The first-order chi connectivity index (χ1) is 10.1. The van der Waals surface area contributed by atoms with Crippen molar-refractivity contribution < 1.29 is 13.9 Å². The number of ether oxygens (including phenoxy) is 1. The van der Waals surface area contributed by atoms with Gasteiger partial charge in [0.15, 0.2) is 17.3 Å². The van der Waals surface area contributed by atoms with Crippen LogP contribution in [0, 0.1) is 5.82 Å². The van der Waals surface area contributed by atoms with E-state index < -0.39 is 5.82 Å². The summed E-state index contributed by atoms with van der Waals surface area (Å²) in [5.41, 5.74) is 1.73. The van der Waals surface area contributed by atoms with E-state index in [2.05, 4.69) is 5.10 Å². The van der Waals surface area contributed by atoms with E-state index in [0.717, 1.165) is 12.1 Å². The number of methoxy groups -OCH3 is 1. The number of benzene rings is 1. The van der Waals surface area contributed by atoms with Crippen molar-refractivity contribution in [2.45, 2.75) is 33.2 Å². The molecule has 0 N–H and O–H groups in total. The zero-order valence-electron chi connectivity index (χ0n) is 12.5. The fourth-order valence-electron chi connectivity index (χ4n) is 2.22. The topological polar surface area (TPSA) is 44.1 Å². The van der Waals surface area contributed by atoms with E-state index in [0.29, 0.717) is 17.8 Å². The summed E-state index contributed by atoms with van der Waals surface area (Å²) in [6.45, 7) is 4.52. The van der Waals surface area contributed by atoms with E-state index in [-0.39, 0.29) is 18.0 Å². The minimum atomic E-state index is -0.480. The molecule has 0 amide bonds. The highest BCUT2D eigenvalue weighted by Crippen LogP contribution is 2.21. The van der Waals surface area contributed by atoms with Crippen LogP contribution in [0.1, 0.15) is 35.6 Å². The normalized spacial score (nSPS) is 10.7. The number of halogens is 1. The lowest BCUT2D eigenvalue weighted by Crippen LogP contribution is -2.12. The summed E-state index contributed by atoms with van der Waals surface area (Å²) in [6.07, 6.45) is 0.763. The van der Waals surface area contributed by atoms with Gasteiger partial charge < -0.3 is 4.74 Å². The lowest BCUT2D eigenvalue weighted by molar-refractivity contribution is 0.0981. The monoisotopic (exact) mass is 290 g/mol. The van der Waals surface area contributed by atoms with Crippen LogP contribution in [0.3, 0.4) is 0 Å². The third kappa shape index (κ3) is 3.12. The summed E-state index contributed by atoms with van der Waals surface area (Å²) in [5, 5.41) is 4.34. The average Bonchev–Trinajstić information content (AvgIpc) is 2.93. The number of Topliss-reactive ketones (excluding diaryl/α,β-unsaturated/α-hetero) is 1. The maximum Gasteiger partial charge on any atom is 0.185 e.